The van der Waals surface area contributed by atoms with Gasteiger partial charge in [0.1, 0.15) is 5.82 Å². The standard InChI is InChI=1S/C14H21FN2/c1-2-8-16-10-12-7-9-17(11-12)14-6-4-3-5-13(14)15/h3-6,12,16H,2,7-11H2,1H3. The summed E-state index contributed by atoms with van der Waals surface area (Å²) in [6.07, 6.45) is 2.33. The molecule has 1 unspecified atom stereocenters. The lowest BCUT2D eigenvalue weighted by atomic mass is 10.1. The van der Waals surface area contributed by atoms with Crippen molar-refractivity contribution in [2.75, 3.05) is 31.1 Å². The molecular weight excluding hydrogens is 215 g/mol. The molecule has 17 heavy (non-hydrogen) atoms. The highest BCUT2D eigenvalue weighted by Gasteiger charge is 2.23. The topological polar surface area (TPSA) is 15.3 Å². The van der Waals surface area contributed by atoms with Gasteiger partial charge in [-0.2, -0.15) is 0 Å². The Bertz CT molecular complexity index is 354. The Hall–Kier alpha value is -1.09. The highest BCUT2D eigenvalue weighted by atomic mass is 19.1. The summed E-state index contributed by atoms with van der Waals surface area (Å²) < 4.78 is 13.6. The average molecular weight is 236 g/mol. The predicted molar refractivity (Wildman–Crippen MR) is 69.9 cm³/mol. The number of hydrogen-bond acceptors (Lipinski definition) is 2. The lowest BCUT2D eigenvalue weighted by molar-refractivity contribution is 0.515. The van der Waals surface area contributed by atoms with Crippen LogP contribution in [0.1, 0.15) is 19.8 Å². The molecule has 0 radical (unpaired) electrons. The van der Waals surface area contributed by atoms with Crippen LogP contribution in [-0.2, 0) is 0 Å². The van der Waals surface area contributed by atoms with E-state index >= 15 is 0 Å². The van der Waals surface area contributed by atoms with Gasteiger partial charge in [0.05, 0.1) is 5.69 Å². The smallest absolute Gasteiger partial charge is 0.146 e. The third kappa shape index (κ3) is 3.19. The number of nitrogens with one attached hydrogen (secondary N) is 1. The Morgan fingerprint density at radius 3 is 3.00 bits per heavy atom. The van der Waals surface area contributed by atoms with Crippen LogP contribution in [0.4, 0.5) is 10.1 Å². The van der Waals surface area contributed by atoms with Gasteiger partial charge in [-0.1, -0.05) is 19.1 Å². The summed E-state index contributed by atoms with van der Waals surface area (Å²) in [7, 11) is 0. The summed E-state index contributed by atoms with van der Waals surface area (Å²) in [5.41, 5.74) is 0.755. The molecule has 1 aromatic rings. The van der Waals surface area contributed by atoms with E-state index in [0.29, 0.717) is 5.92 Å². The second kappa shape index (κ2) is 6.01. The molecule has 0 aliphatic carbocycles. The van der Waals surface area contributed by atoms with E-state index < -0.39 is 0 Å². The lowest BCUT2D eigenvalue weighted by Gasteiger charge is -2.19. The van der Waals surface area contributed by atoms with Gasteiger partial charge in [-0.3, -0.25) is 0 Å². The summed E-state index contributed by atoms with van der Waals surface area (Å²) in [5.74, 6) is 0.552. The molecule has 0 amide bonds. The molecule has 1 aliphatic heterocycles. The second-order valence-electron chi connectivity index (χ2n) is 4.76. The Morgan fingerprint density at radius 1 is 1.41 bits per heavy atom. The van der Waals surface area contributed by atoms with Crippen LogP contribution in [-0.4, -0.2) is 26.2 Å². The lowest BCUT2D eigenvalue weighted by Crippen LogP contribution is -2.27. The quantitative estimate of drug-likeness (QED) is 0.791. The van der Waals surface area contributed by atoms with Crippen LogP contribution in [0.5, 0.6) is 0 Å². The Morgan fingerprint density at radius 2 is 2.24 bits per heavy atom. The van der Waals surface area contributed by atoms with Crippen LogP contribution in [0, 0.1) is 11.7 Å². The first-order chi connectivity index (χ1) is 8.31. The van der Waals surface area contributed by atoms with Gasteiger partial charge in [-0.05, 0) is 44.0 Å². The molecule has 1 atom stereocenters. The number of anilines is 1. The van der Waals surface area contributed by atoms with Crippen LogP contribution in [0.25, 0.3) is 0 Å². The zero-order valence-electron chi connectivity index (χ0n) is 10.5. The Labute approximate surface area is 103 Å². The third-order valence-corrected chi connectivity index (χ3v) is 3.34. The number of nitrogens with zero attached hydrogens (tertiary/aromatic N) is 1. The van der Waals surface area contributed by atoms with Crippen molar-refractivity contribution in [1.29, 1.82) is 0 Å². The molecule has 0 aromatic heterocycles. The number of hydrogen-bond donors (Lipinski definition) is 1. The second-order valence-corrected chi connectivity index (χ2v) is 4.76. The van der Waals surface area contributed by atoms with Crippen LogP contribution in [0.2, 0.25) is 0 Å². The highest BCUT2D eigenvalue weighted by molar-refractivity contribution is 5.48. The first-order valence-corrected chi connectivity index (χ1v) is 6.51. The molecule has 3 heteroatoms. The van der Waals surface area contributed by atoms with E-state index in [9.17, 15) is 4.39 Å². The summed E-state index contributed by atoms with van der Waals surface area (Å²) in [4.78, 5) is 2.16. The molecule has 1 heterocycles. The molecule has 1 saturated heterocycles. The summed E-state index contributed by atoms with van der Waals surface area (Å²) in [6.45, 7) is 6.25. The van der Waals surface area contributed by atoms with E-state index in [-0.39, 0.29) is 5.82 Å². The van der Waals surface area contributed by atoms with Gasteiger partial charge in [-0.15, -0.1) is 0 Å². The van der Waals surface area contributed by atoms with Crippen molar-refractivity contribution in [3.8, 4) is 0 Å². The van der Waals surface area contributed by atoms with Crippen LogP contribution >= 0.6 is 0 Å². The van der Waals surface area contributed by atoms with Crippen molar-refractivity contribution in [1.82, 2.24) is 5.32 Å². The van der Waals surface area contributed by atoms with E-state index in [0.717, 1.165) is 38.3 Å². The first kappa shape index (κ1) is 12.4. The van der Waals surface area contributed by atoms with Gasteiger partial charge >= 0.3 is 0 Å². The minimum Gasteiger partial charge on any atom is -0.369 e. The maximum absolute atomic E-state index is 13.6. The fourth-order valence-corrected chi connectivity index (χ4v) is 2.41. The van der Waals surface area contributed by atoms with E-state index in [1.165, 1.54) is 12.5 Å². The minimum absolute atomic E-state index is 0.102. The Kier molecular flexibility index (Phi) is 4.37. The van der Waals surface area contributed by atoms with Crippen molar-refractivity contribution >= 4 is 5.69 Å². The number of rotatable bonds is 5. The molecule has 0 bridgehead atoms. The van der Waals surface area contributed by atoms with Gasteiger partial charge < -0.3 is 10.2 Å². The molecule has 0 spiro atoms. The molecular formula is C14H21FN2. The maximum atomic E-state index is 13.6. The van der Waals surface area contributed by atoms with Crippen LogP contribution in [0.15, 0.2) is 24.3 Å². The molecule has 1 aliphatic rings. The molecule has 1 N–H and O–H groups in total. The SMILES string of the molecule is CCCNCC1CCN(c2ccccc2F)C1. The van der Waals surface area contributed by atoms with Crippen molar-refractivity contribution < 1.29 is 4.39 Å². The zero-order chi connectivity index (χ0) is 12.1. The molecule has 0 saturated carbocycles. The van der Waals surface area contributed by atoms with Gasteiger partial charge in [-0.25, -0.2) is 4.39 Å². The Balaban J connectivity index is 1.87. The van der Waals surface area contributed by atoms with Crippen molar-refractivity contribution in [2.24, 2.45) is 5.92 Å². The summed E-state index contributed by atoms with van der Waals surface area (Å²) in [6, 6.07) is 7.06. The fourth-order valence-electron chi connectivity index (χ4n) is 2.41. The van der Waals surface area contributed by atoms with Gasteiger partial charge in [0, 0.05) is 13.1 Å². The highest BCUT2D eigenvalue weighted by Crippen LogP contribution is 2.25. The minimum atomic E-state index is -0.102. The summed E-state index contributed by atoms with van der Waals surface area (Å²) >= 11 is 0. The van der Waals surface area contributed by atoms with Gasteiger partial charge in [0.15, 0.2) is 0 Å². The van der Waals surface area contributed by atoms with Crippen LogP contribution < -0.4 is 10.2 Å². The predicted octanol–water partition coefficient (Wildman–Crippen LogP) is 2.65. The van der Waals surface area contributed by atoms with Crippen molar-refractivity contribution in [3.63, 3.8) is 0 Å². The van der Waals surface area contributed by atoms with Gasteiger partial charge in [0.2, 0.25) is 0 Å². The van der Waals surface area contributed by atoms with E-state index in [2.05, 4.69) is 17.1 Å². The van der Waals surface area contributed by atoms with E-state index in [4.69, 9.17) is 0 Å². The van der Waals surface area contributed by atoms with E-state index in [1.807, 2.05) is 12.1 Å². The molecule has 1 aromatic carbocycles. The summed E-state index contributed by atoms with van der Waals surface area (Å²) in [5, 5.41) is 3.44. The number of para-hydroxylation sites is 1. The molecule has 2 nitrogen and oxygen atoms in total. The third-order valence-electron chi connectivity index (χ3n) is 3.34. The van der Waals surface area contributed by atoms with Crippen LogP contribution in [0.3, 0.4) is 0 Å². The molecule has 2 rings (SSSR count). The van der Waals surface area contributed by atoms with Crippen molar-refractivity contribution in [2.45, 2.75) is 19.8 Å². The molecule has 1 fully saturated rings. The average Bonchev–Trinajstić information content (AvgIpc) is 2.79. The molecule has 94 valence electrons. The number of halogens is 1. The fraction of sp³-hybridized carbons (Fsp3) is 0.571. The van der Waals surface area contributed by atoms with E-state index in [1.54, 1.807) is 6.07 Å². The number of benzene rings is 1. The van der Waals surface area contributed by atoms with Crippen molar-refractivity contribution in [3.05, 3.63) is 30.1 Å². The largest absolute Gasteiger partial charge is 0.369 e. The maximum Gasteiger partial charge on any atom is 0.146 e. The first-order valence-electron chi connectivity index (χ1n) is 6.51. The zero-order valence-corrected chi connectivity index (χ0v) is 10.5. The van der Waals surface area contributed by atoms with Gasteiger partial charge in [0.25, 0.3) is 0 Å². The monoisotopic (exact) mass is 236 g/mol. The normalized spacial score (nSPS) is 19.9.